The Labute approximate surface area is 195 Å². The number of hydrogen-bond acceptors (Lipinski definition) is 4. The van der Waals surface area contributed by atoms with Crippen LogP contribution in [0.3, 0.4) is 0 Å². The van der Waals surface area contributed by atoms with Crippen molar-refractivity contribution in [2.24, 2.45) is 22.3 Å². The Bertz CT molecular complexity index is 950. The molecule has 8 N–H and O–H groups in total. The van der Waals surface area contributed by atoms with Gasteiger partial charge in [-0.15, -0.1) is 0 Å². The highest BCUT2D eigenvalue weighted by molar-refractivity contribution is 5.92. The molecule has 0 saturated heterocycles. The predicted octanol–water partition coefficient (Wildman–Crippen LogP) is 3.47. The van der Waals surface area contributed by atoms with Crippen LogP contribution in [0.2, 0.25) is 0 Å². The van der Waals surface area contributed by atoms with Crippen molar-refractivity contribution in [3.63, 3.8) is 0 Å². The van der Waals surface area contributed by atoms with Gasteiger partial charge in [0.1, 0.15) is 0 Å². The number of hydrogen-bond donors (Lipinski definition) is 6. The van der Waals surface area contributed by atoms with Gasteiger partial charge in [-0.2, -0.15) is 0 Å². The molecule has 0 aromatic heterocycles. The van der Waals surface area contributed by atoms with Gasteiger partial charge in [0, 0.05) is 24.5 Å². The number of nitrogens with one attached hydrogen (secondary N) is 4. The standard InChI is InChI=1S/C25H36N6O2/c1-24(2,12-26)14-28-22(32)30-18-5-7-20-16(10-18)9-17-11-19(6-8-21(17)20)31-23(33)29-15-25(3,4)13-27/h5-8,10-11H,9,12-15,26-27H2,1-4H3,(H2,28,30,32)(H2,29,31,33). The van der Waals surface area contributed by atoms with E-state index in [1.54, 1.807) is 0 Å². The second-order valence-corrected chi connectivity index (χ2v) is 10.3. The number of fused-ring (bicyclic) bond motifs is 3. The van der Waals surface area contributed by atoms with E-state index in [2.05, 4.69) is 21.3 Å². The van der Waals surface area contributed by atoms with Gasteiger partial charge in [-0.05, 0) is 76.9 Å². The Morgan fingerprint density at radius 3 is 1.52 bits per heavy atom. The predicted molar refractivity (Wildman–Crippen MR) is 134 cm³/mol. The first kappa shape index (κ1) is 24.5. The quantitative estimate of drug-likeness (QED) is 0.312. The molecular formula is C25H36N6O2. The van der Waals surface area contributed by atoms with Crippen LogP contribution in [-0.4, -0.2) is 38.2 Å². The number of benzene rings is 2. The van der Waals surface area contributed by atoms with E-state index < -0.39 is 0 Å². The van der Waals surface area contributed by atoms with Crippen LogP contribution in [0, 0.1) is 10.8 Å². The SMILES string of the molecule is CC(C)(CN)CNC(=O)Nc1ccc2c(c1)Cc1cc(NC(=O)NCC(C)(C)CN)ccc1-2. The summed E-state index contributed by atoms with van der Waals surface area (Å²) < 4.78 is 0. The van der Waals surface area contributed by atoms with Crippen molar-refractivity contribution >= 4 is 23.4 Å². The van der Waals surface area contributed by atoms with E-state index >= 15 is 0 Å². The zero-order valence-electron chi connectivity index (χ0n) is 20.0. The van der Waals surface area contributed by atoms with Crippen molar-refractivity contribution in [1.82, 2.24) is 10.6 Å². The monoisotopic (exact) mass is 452 g/mol. The maximum absolute atomic E-state index is 12.3. The number of anilines is 2. The summed E-state index contributed by atoms with van der Waals surface area (Å²) in [5.41, 5.74) is 17.2. The molecule has 8 heteroatoms. The van der Waals surface area contributed by atoms with Crippen LogP contribution in [0.4, 0.5) is 21.0 Å². The van der Waals surface area contributed by atoms with E-state index in [9.17, 15) is 9.59 Å². The molecule has 33 heavy (non-hydrogen) atoms. The van der Waals surface area contributed by atoms with Gasteiger partial charge in [0.2, 0.25) is 0 Å². The maximum atomic E-state index is 12.3. The number of carbonyl (C=O) groups is 2. The second-order valence-electron chi connectivity index (χ2n) is 10.3. The molecule has 0 atom stereocenters. The number of carbonyl (C=O) groups excluding carboxylic acids is 2. The third-order valence-electron chi connectivity index (χ3n) is 5.96. The summed E-state index contributed by atoms with van der Waals surface area (Å²) in [6.07, 6.45) is 0.735. The van der Waals surface area contributed by atoms with Crippen molar-refractivity contribution in [1.29, 1.82) is 0 Å². The molecule has 0 bridgehead atoms. The van der Waals surface area contributed by atoms with Gasteiger partial charge in [-0.3, -0.25) is 0 Å². The van der Waals surface area contributed by atoms with Crippen LogP contribution >= 0.6 is 0 Å². The lowest BCUT2D eigenvalue weighted by Crippen LogP contribution is -2.40. The second kappa shape index (κ2) is 9.80. The third-order valence-corrected chi connectivity index (χ3v) is 5.96. The molecule has 2 aromatic rings. The van der Waals surface area contributed by atoms with Crippen LogP contribution in [0.1, 0.15) is 38.8 Å². The molecule has 0 aliphatic heterocycles. The van der Waals surface area contributed by atoms with Gasteiger partial charge in [0.15, 0.2) is 0 Å². The number of amides is 4. The van der Waals surface area contributed by atoms with Crippen molar-refractivity contribution in [2.45, 2.75) is 34.1 Å². The van der Waals surface area contributed by atoms with Gasteiger partial charge < -0.3 is 32.7 Å². The largest absolute Gasteiger partial charge is 0.337 e. The average Bonchev–Trinajstić information content (AvgIpc) is 3.13. The normalized spacial score (nSPS) is 12.5. The number of nitrogens with two attached hydrogens (primary N) is 2. The molecule has 0 heterocycles. The van der Waals surface area contributed by atoms with Gasteiger partial charge in [-0.25, -0.2) is 9.59 Å². The van der Waals surface area contributed by atoms with Crippen LogP contribution in [0.25, 0.3) is 11.1 Å². The van der Waals surface area contributed by atoms with Crippen molar-refractivity contribution in [3.8, 4) is 11.1 Å². The molecular weight excluding hydrogens is 416 g/mol. The van der Waals surface area contributed by atoms with Crippen LogP contribution in [0.5, 0.6) is 0 Å². The minimum atomic E-state index is -0.248. The Morgan fingerprint density at radius 1 is 0.758 bits per heavy atom. The molecule has 0 saturated carbocycles. The topological polar surface area (TPSA) is 134 Å². The van der Waals surface area contributed by atoms with Crippen LogP contribution in [0.15, 0.2) is 36.4 Å². The highest BCUT2D eigenvalue weighted by atomic mass is 16.2. The molecule has 0 spiro atoms. The maximum Gasteiger partial charge on any atom is 0.319 e. The molecule has 1 aliphatic rings. The highest BCUT2D eigenvalue weighted by Crippen LogP contribution is 2.39. The minimum absolute atomic E-state index is 0.153. The van der Waals surface area contributed by atoms with E-state index in [4.69, 9.17) is 11.5 Å². The Hall–Kier alpha value is -3.10. The lowest BCUT2D eigenvalue weighted by molar-refractivity contribution is 0.245. The first-order valence-corrected chi connectivity index (χ1v) is 11.3. The molecule has 0 unspecified atom stereocenters. The summed E-state index contributed by atoms with van der Waals surface area (Å²) in [5, 5.41) is 11.5. The molecule has 0 radical (unpaired) electrons. The number of urea groups is 2. The van der Waals surface area contributed by atoms with Crippen molar-refractivity contribution in [2.75, 3.05) is 36.8 Å². The summed E-state index contributed by atoms with van der Waals surface area (Å²) >= 11 is 0. The van der Waals surface area contributed by atoms with Crippen LogP contribution < -0.4 is 32.7 Å². The summed E-state index contributed by atoms with van der Waals surface area (Å²) in [6.45, 7) is 10.0. The van der Waals surface area contributed by atoms with Gasteiger partial charge in [-0.1, -0.05) is 39.8 Å². The average molecular weight is 453 g/mol. The lowest BCUT2D eigenvalue weighted by atomic mass is 9.94. The zero-order valence-corrected chi connectivity index (χ0v) is 20.0. The van der Waals surface area contributed by atoms with Crippen LogP contribution in [-0.2, 0) is 6.42 Å². The third kappa shape index (κ3) is 6.46. The Kier molecular flexibility index (Phi) is 7.29. The van der Waals surface area contributed by atoms with Gasteiger partial charge >= 0.3 is 12.1 Å². The molecule has 3 rings (SSSR count). The molecule has 8 nitrogen and oxygen atoms in total. The van der Waals surface area contributed by atoms with Crippen molar-refractivity contribution < 1.29 is 9.59 Å². The van der Waals surface area contributed by atoms with E-state index in [1.807, 2.05) is 64.1 Å². The Morgan fingerprint density at radius 2 is 1.15 bits per heavy atom. The summed E-state index contributed by atoms with van der Waals surface area (Å²) in [7, 11) is 0. The van der Waals surface area contributed by atoms with E-state index in [-0.39, 0.29) is 22.9 Å². The highest BCUT2D eigenvalue weighted by Gasteiger charge is 2.21. The molecule has 4 amide bonds. The molecule has 178 valence electrons. The Balaban J connectivity index is 1.61. The summed E-state index contributed by atoms with van der Waals surface area (Å²) in [4.78, 5) is 24.5. The fourth-order valence-electron chi connectivity index (χ4n) is 3.50. The zero-order chi connectivity index (χ0) is 24.2. The first-order chi connectivity index (χ1) is 15.5. The molecule has 2 aromatic carbocycles. The fourth-order valence-corrected chi connectivity index (χ4v) is 3.50. The first-order valence-electron chi connectivity index (χ1n) is 11.3. The van der Waals surface area contributed by atoms with Gasteiger partial charge in [0.25, 0.3) is 0 Å². The molecule has 1 aliphatic carbocycles. The van der Waals surface area contributed by atoms with E-state index in [0.717, 1.165) is 40.0 Å². The fraction of sp³-hybridized carbons (Fsp3) is 0.440. The van der Waals surface area contributed by atoms with E-state index in [0.29, 0.717) is 26.2 Å². The van der Waals surface area contributed by atoms with E-state index in [1.165, 1.54) is 0 Å². The number of rotatable bonds is 8. The minimum Gasteiger partial charge on any atom is -0.337 e. The lowest BCUT2D eigenvalue weighted by Gasteiger charge is -2.22. The van der Waals surface area contributed by atoms with Gasteiger partial charge in [0.05, 0.1) is 0 Å². The summed E-state index contributed by atoms with van der Waals surface area (Å²) in [5.74, 6) is 0. The summed E-state index contributed by atoms with van der Waals surface area (Å²) in [6, 6.07) is 11.4. The van der Waals surface area contributed by atoms with Crippen molar-refractivity contribution in [3.05, 3.63) is 47.5 Å². The molecule has 0 fully saturated rings. The smallest absolute Gasteiger partial charge is 0.319 e.